The second-order valence-electron chi connectivity index (χ2n) is 8.54. The molecule has 174 valence electrons. The molecule has 4 rings (SSSR count). The fourth-order valence-corrected chi connectivity index (χ4v) is 5.90. The fourth-order valence-electron chi connectivity index (χ4n) is 3.78. The Bertz CT molecular complexity index is 1190. The Kier molecular flexibility index (Phi) is 8.75. The monoisotopic (exact) mass is 485 g/mol. The molecule has 0 fully saturated rings. The molecule has 0 bridgehead atoms. The van der Waals surface area contributed by atoms with Crippen molar-refractivity contribution in [3.05, 3.63) is 120 Å². The van der Waals surface area contributed by atoms with Crippen molar-refractivity contribution in [3.63, 3.8) is 0 Å². The average Bonchev–Trinajstić information content (AvgIpc) is 2.87. The third-order valence-electron chi connectivity index (χ3n) is 5.61. The molecule has 1 atom stereocenters. The van der Waals surface area contributed by atoms with Gasteiger partial charge in [-0.1, -0.05) is 86.6 Å². The molecule has 0 heterocycles. The van der Waals surface area contributed by atoms with Crippen LogP contribution in [0.5, 0.6) is 0 Å². The molecule has 0 aromatic heterocycles. The van der Waals surface area contributed by atoms with Gasteiger partial charge in [0.05, 0.1) is 11.8 Å². The van der Waals surface area contributed by atoms with Gasteiger partial charge in [0.15, 0.2) is 0 Å². The highest BCUT2D eigenvalue weighted by atomic mass is 32.2. The van der Waals surface area contributed by atoms with Gasteiger partial charge in [0, 0.05) is 27.0 Å². The van der Waals surface area contributed by atoms with Crippen LogP contribution in [0.3, 0.4) is 0 Å². The van der Waals surface area contributed by atoms with E-state index in [9.17, 15) is 5.11 Å². The molecule has 34 heavy (non-hydrogen) atoms. The molecule has 0 spiro atoms. The van der Waals surface area contributed by atoms with Gasteiger partial charge in [0.2, 0.25) is 0 Å². The van der Waals surface area contributed by atoms with Gasteiger partial charge in [-0.3, -0.25) is 0 Å². The largest absolute Gasteiger partial charge is 0.388 e. The van der Waals surface area contributed by atoms with E-state index < -0.39 is 6.10 Å². The van der Waals surface area contributed by atoms with Crippen LogP contribution in [0.4, 0.5) is 11.4 Å². The Hall–Kier alpha value is -2.66. The van der Waals surface area contributed by atoms with Gasteiger partial charge in [-0.2, -0.15) is 0 Å². The molecule has 4 aromatic rings. The summed E-state index contributed by atoms with van der Waals surface area (Å²) in [6.45, 7) is 4.43. The first-order valence-electron chi connectivity index (χ1n) is 11.6. The molecule has 0 saturated carbocycles. The smallest absolute Gasteiger partial charge is 0.0884 e. The Morgan fingerprint density at radius 1 is 0.735 bits per heavy atom. The normalized spacial score (nSPS) is 12.0. The van der Waals surface area contributed by atoms with Crippen molar-refractivity contribution in [2.45, 2.75) is 41.4 Å². The third kappa shape index (κ3) is 6.69. The number of anilines is 2. The highest BCUT2D eigenvalue weighted by Crippen LogP contribution is 2.34. The van der Waals surface area contributed by atoms with Gasteiger partial charge >= 0.3 is 0 Å². The van der Waals surface area contributed by atoms with E-state index in [1.165, 1.54) is 20.9 Å². The standard InChI is InChI=1S/C30H31NOS2/c1-22(2)26-15-6-8-17-29(26)34-21-28(32)24-12-10-11-23(19-24)20-33-30-18-9-7-16-27(30)31-25-13-4-3-5-14-25/h3-19,22,28,31-32H,20-21H2,1-2H3. The minimum Gasteiger partial charge on any atom is -0.388 e. The lowest BCUT2D eigenvalue weighted by Gasteiger charge is -2.16. The molecule has 0 saturated heterocycles. The molecule has 1 unspecified atom stereocenters. The molecule has 2 N–H and O–H groups in total. The molecule has 0 aliphatic carbocycles. The lowest BCUT2D eigenvalue weighted by atomic mass is 10.0. The SMILES string of the molecule is CC(C)c1ccccc1SCC(O)c1cccc(CSc2ccccc2Nc2ccccc2)c1. The average molecular weight is 486 g/mol. The van der Waals surface area contributed by atoms with Crippen molar-refractivity contribution >= 4 is 34.9 Å². The van der Waals surface area contributed by atoms with Crippen LogP contribution in [0.15, 0.2) is 113 Å². The maximum absolute atomic E-state index is 10.9. The summed E-state index contributed by atoms with van der Waals surface area (Å²) in [4.78, 5) is 2.46. The van der Waals surface area contributed by atoms with E-state index in [2.05, 4.69) is 98.0 Å². The molecule has 2 nitrogen and oxygen atoms in total. The maximum Gasteiger partial charge on any atom is 0.0884 e. The highest BCUT2D eigenvalue weighted by molar-refractivity contribution is 7.99. The van der Waals surface area contributed by atoms with E-state index in [0.717, 1.165) is 22.7 Å². The molecular formula is C30H31NOS2. The number of hydrogen-bond donors (Lipinski definition) is 2. The van der Waals surface area contributed by atoms with E-state index in [0.29, 0.717) is 11.7 Å². The lowest BCUT2D eigenvalue weighted by molar-refractivity contribution is 0.204. The first-order chi connectivity index (χ1) is 16.6. The van der Waals surface area contributed by atoms with Crippen LogP contribution >= 0.6 is 23.5 Å². The Labute approximate surface area is 211 Å². The number of benzene rings is 4. The van der Waals surface area contributed by atoms with E-state index >= 15 is 0 Å². The van der Waals surface area contributed by atoms with E-state index in [1.54, 1.807) is 23.5 Å². The van der Waals surface area contributed by atoms with E-state index in [4.69, 9.17) is 0 Å². The third-order valence-corrected chi connectivity index (χ3v) is 7.92. The maximum atomic E-state index is 10.9. The van der Waals surface area contributed by atoms with Crippen LogP contribution in [0.1, 0.15) is 42.6 Å². The predicted octanol–water partition coefficient (Wildman–Crippen LogP) is 8.67. The fraction of sp³-hybridized carbons (Fsp3) is 0.200. The molecular weight excluding hydrogens is 454 g/mol. The number of para-hydroxylation sites is 2. The van der Waals surface area contributed by atoms with Crippen LogP contribution in [0.2, 0.25) is 0 Å². The first kappa shape index (κ1) is 24.5. The first-order valence-corrected chi connectivity index (χ1v) is 13.6. The van der Waals surface area contributed by atoms with Gasteiger partial charge in [-0.05, 0) is 52.9 Å². The Morgan fingerprint density at radius 2 is 1.44 bits per heavy atom. The van der Waals surface area contributed by atoms with Gasteiger partial charge in [-0.25, -0.2) is 0 Å². The van der Waals surface area contributed by atoms with E-state index in [-0.39, 0.29) is 0 Å². The minimum atomic E-state index is -0.498. The van der Waals surface area contributed by atoms with Crippen molar-refractivity contribution < 1.29 is 5.11 Å². The number of nitrogens with one attached hydrogen (secondary N) is 1. The van der Waals surface area contributed by atoms with Crippen molar-refractivity contribution in [3.8, 4) is 0 Å². The lowest BCUT2D eigenvalue weighted by Crippen LogP contribution is -2.02. The summed E-state index contributed by atoms with van der Waals surface area (Å²) in [5.74, 6) is 1.96. The highest BCUT2D eigenvalue weighted by Gasteiger charge is 2.12. The molecule has 0 amide bonds. The summed E-state index contributed by atoms with van der Waals surface area (Å²) in [5.41, 5.74) is 5.71. The number of hydrogen-bond acceptors (Lipinski definition) is 4. The van der Waals surface area contributed by atoms with Gasteiger partial charge in [0.1, 0.15) is 0 Å². The van der Waals surface area contributed by atoms with Gasteiger partial charge in [-0.15, -0.1) is 23.5 Å². The summed E-state index contributed by atoms with van der Waals surface area (Å²) in [6.07, 6.45) is -0.498. The number of rotatable bonds is 10. The van der Waals surface area contributed by atoms with E-state index in [1.807, 2.05) is 24.3 Å². The summed E-state index contributed by atoms with van der Waals surface area (Å²) >= 11 is 3.54. The van der Waals surface area contributed by atoms with Crippen molar-refractivity contribution in [2.24, 2.45) is 0 Å². The second kappa shape index (κ2) is 12.2. The molecule has 4 heteroatoms. The zero-order valence-corrected chi connectivity index (χ0v) is 21.3. The zero-order valence-electron chi connectivity index (χ0n) is 19.6. The molecule has 0 radical (unpaired) electrons. The Balaban J connectivity index is 1.39. The zero-order chi connectivity index (χ0) is 23.8. The van der Waals surface area contributed by atoms with Gasteiger partial charge < -0.3 is 10.4 Å². The second-order valence-corrected chi connectivity index (χ2v) is 10.6. The van der Waals surface area contributed by atoms with Gasteiger partial charge in [0.25, 0.3) is 0 Å². The number of aliphatic hydroxyl groups excluding tert-OH is 1. The van der Waals surface area contributed by atoms with Crippen LogP contribution in [0, 0.1) is 0 Å². The van der Waals surface area contributed by atoms with Crippen LogP contribution in [-0.4, -0.2) is 10.9 Å². The summed E-state index contributed by atoms with van der Waals surface area (Å²) in [7, 11) is 0. The number of aliphatic hydroxyl groups is 1. The van der Waals surface area contributed by atoms with Crippen molar-refractivity contribution in [1.29, 1.82) is 0 Å². The van der Waals surface area contributed by atoms with Crippen LogP contribution in [-0.2, 0) is 5.75 Å². The molecule has 0 aliphatic rings. The predicted molar refractivity (Wildman–Crippen MR) is 148 cm³/mol. The van der Waals surface area contributed by atoms with Crippen molar-refractivity contribution in [2.75, 3.05) is 11.1 Å². The summed E-state index contributed by atoms with van der Waals surface area (Å²) in [5, 5.41) is 14.4. The van der Waals surface area contributed by atoms with Crippen LogP contribution in [0.25, 0.3) is 0 Å². The summed E-state index contributed by atoms with van der Waals surface area (Å²) < 4.78 is 0. The minimum absolute atomic E-state index is 0.473. The Morgan fingerprint density at radius 3 is 2.24 bits per heavy atom. The van der Waals surface area contributed by atoms with Crippen LogP contribution < -0.4 is 5.32 Å². The van der Waals surface area contributed by atoms with Crippen molar-refractivity contribution in [1.82, 2.24) is 0 Å². The molecule has 4 aromatic carbocycles. The quantitative estimate of drug-likeness (QED) is 0.220. The summed E-state index contributed by atoms with van der Waals surface area (Å²) in [6, 6.07) is 35.5. The molecule has 0 aliphatic heterocycles. The topological polar surface area (TPSA) is 32.3 Å². The number of thioether (sulfide) groups is 2.